The molecular formula is C13H8Cl2N4O3S. The van der Waals surface area contributed by atoms with Gasteiger partial charge in [0.1, 0.15) is 4.88 Å². The van der Waals surface area contributed by atoms with Gasteiger partial charge in [0.05, 0.1) is 5.02 Å². The predicted octanol–water partition coefficient (Wildman–Crippen LogP) is 3.80. The van der Waals surface area contributed by atoms with Gasteiger partial charge >= 0.3 is 0 Å². The first kappa shape index (κ1) is 15.7. The lowest BCUT2D eigenvalue weighted by Gasteiger charge is -2.01. The van der Waals surface area contributed by atoms with Crippen molar-refractivity contribution >= 4 is 68.1 Å². The van der Waals surface area contributed by atoms with Gasteiger partial charge in [0, 0.05) is 22.0 Å². The van der Waals surface area contributed by atoms with E-state index in [9.17, 15) is 9.59 Å². The zero-order valence-electron chi connectivity index (χ0n) is 11.5. The van der Waals surface area contributed by atoms with Crippen LogP contribution in [0.2, 0.25) is 10.0 Å². The summed E-state index contributed by atoms with van der Waals surface area (Å²) in [5, 5.41) is 13.5. The number of hydrogen-bond acceptors (Lipinski definition) is 6. The Morgan fingerprint density at radius 3 is 2.57 bits per heavy atom. The van der Waals surface area contributed by atoms with Gasteiger partial charge in [-0.05, 0) is 22.4 Å². The number of nitrogens with one attached hydrogen (secondary N) is 2. The molecule has 0 atom stereocenters. The third kappa shape index (κ3) is 3.14. The Balaban J connectivity index is 1.91. The van der Waals surface area contributed by atoms with Crippen molar-refractivity contribution < 1.29 is 14.2 Å². The Kier molecular flexibility index (Phi) is 4.20. The molecule has 118 valence electrons. The summed E-state index contributed by atoms with van der Waals surface area (Å²) in [6.07, 6.45) is 0. The first-order chi connectivity index (χ1) is 11.0. The second kappa shape index (κ2) is 6.15. The highest BCUT2D eigenvalue weighted by atomic mass is 35.5. The van der Waals surface area contributed by atoms with Crippen LogP contribution in [0.4, 0.5) is 11.6 Å². The average molecular weight is 371 g/mol. The van der Waals surface area contributed by atoms with Crippen LogP contribution in [0.3, 0.4) is 0 Å². The number of hydrogen-bond donors (Lipinski definition) is 2. The third-order valence-corrected chi connectivity index (χ3v) is 4.70. The van der Waals surface area contributed by atoms with Crippen molar-refractivity contribution in [1.29, 1.82) is 0 Å². The molecular weight excluding hydrogens is 363 g/mol. The van der Waals surface area contributed by atoms with Crippen LogP contribution in [0.5, 0.6) is 0 Å². The number of amides is 2. The molecule has 0 bridgehead atoms. The van der Waals surface area contributed by atoms with Gasteiger partial charge in [0.2, 0.25) is 17.5 Å². The number of carbonyl (C=O) groups is 2. The van der Waals surface area contributed by atoms with Crippen molar-refractivity contribution in [3.63, 3.8) is 0 Å². The SMILES string of the molecule is CC(=O)Nc1nonc1NC(=O)c1sc2cc(Cl)ccc2c1Cl. The van der Waals surface area contributed by atoms with Gasteiger partial charge in [-0.1, -0.05) is 29.3 Å². The van der Waals surface area contributed by atoms with Crippen molar-refractivity contribution in [3.05, 3.63) is 33.1 Å². The highest BCUT2D eigenvalue weighted by Crippen LogP contribution is 2.37. The van der Waals surface area contributed by atoms with Gasteiger partial charge in [-0.2, -0.15) is 0 Å². The van der Waals surface area contributed by atoms with Gasteiger partial charge in [0.25, 0.3) is 5.91 Å². The normalized spacial score (nSPS) is 10.7. The number of fused-ring (bicyclic) bond motifs is 1. The van der Waals surface area contributed by atoms with Crippen LogP contribution in [0.25, 0.3) is 10.1 Å². The van der Waals surface area contributed by atoms with Crippen LogP contribution in [-0.4, -0.2) is 22.1 Å². The quantitative estimate of drug-likeness (QED) is 0.730. The number of anilines is 2. The molecule has 0 radical (unpaired) electrons. The minimum absolute atomic E-state index is 0.00300. The van der Waals surface area contributed by atoms with Gasteiger partial charge in [0.15, 0.2) is 0 Å². The molecule has 0 saturated heterocycles. The van der Waals surface area contributed by atoms with E-state index < -0.39 is 5.91 Å². The molecule has 3 aromatic rings. The summed E-state index contributed by atoms with van der Waals surface area (Å²) in [6, 6.07) is 5.17. The number of nitrogens with zero attached hydrogens (tertiary/aromatic N) is 2. The third-order valence-electron chi connectivity index (χ3n) is 2.81. The Morgan fingerprint density at radius 2 is 1.87 bits per heavy atom. The van der Waals surface area contributed by atoms with Crippen LogP contribution in [-0.2, 0) is 4.79 Å². The Bertz CT molecular complexity index is 921. The Morgan fingerprint density at radius 1 is 1.17 bits per heavy atom. The van der Waals surface area contributed by atoms with Gasteiger partial charge in [-0.25, -0.2) is 4.63 Å². The van der Waals surface area contributed by atoms with E-state index in [0.29, 0.717) is 14.9 Å². The molecule has 2 heterocycles. The molecule has 0 fully saturated rings. The van der Waals surface area contributed by atoms with Crippen LogP contribution in [0, 0.1) is 0 Å². The molecule has 2 N–H and O–H groups in total. The number of aromatic nitrogens is 2. The molecule has 0 spiro atoms. The van der Waals surface area contributed by atoms with Crippen LogP contribution < -0.4 is 10.6 Å². The predicted molar refractivity (Wildman–Crippen MR) is 88.4 cm³/mol. The lowest BCUT2D eigenvalue weighted by atomic mass is 10.2. The highest BCUT2D eigenvalue weighted by Gasteiger charge is 2.21. The summed E-state index contributed by atoms with van der Waals surface area (Å²) in [4.78, 5) is 23.7. The number of benzene rings is 1. The fraction of sp³-hybridized carbons (Fsp3) is 0.0769. The lowest BCUT2D eigenvalue weighted by molar-refractivity contribution is -0.114. The fourth-order valence-electron chi connectivity index (χ4n) is 1.87. The maximum atomic E-state index is 12.4. The molecule has 0 aliphatic rings. The maximum absolute atomic E-state index is 12.4. The number of rotatable bonds is 3. The molecule has 0 aliphatic carbocycles. The summed E-state index contributed by atoms with van der Waals surface area (Å²) in [6.45, 7) is 1.30. The standard InChI is InChI=1S/C13H8Cl2N4O3S/c1-5(20)16-11-12(19-22-18-11)17-13(21)10-9(15)7-3-2-6(14)4-8(7)23-10/h2-4H,1H3,(H,16,18,20)(H,17,19,21). The zero-order chi connectivity index (χ0) is 16.6. The van der Waals surface area contributed by atoms with E-state index in [-0.39, 0.29) is 17.5 Å². The molecule has 0 aliphatic heterocycles. The largest absolute Gasteiger partial charge is 0.305 e. The first-order valence-corrected chi connectivity index (χ1v) is 7.82. The molecule has 0 unspecified atom stereocenters. The molecule has 7 nitrogen and oxygen atoms in total. The summed E-state index contributed by atoms with van der Waals surface area (Å²) in [5.41, 5.74) is 0. The molecule has 10 heteroatoms. The van der Waals surface area contributed by atoms with Crippen LogP contribution in [0.15, 0.2) is 22.8 Å². The summed E-state index contributed by atoms with van der Waals surface area (Å²) < 4.78 is 5.30. The second-order valence-corrected chi connectivity index (χ2v) is 6.35. The number of thiophene rings is 1. The second-order valence-electron chi connectivity index (χ2n) is 4.48. The molecule has 2 amide bonds. The van der Waals surface area contributed by atoms with Crippen LogP contribution >= 0.6 is 34.5 Å². The molecule has 2 aromatic heterocycles. The van der Waals surface area contributed by atoms with Gasteiger partial charge in [-0.3, -0.25) is 14.9 Å². The monoisotopic (exact) mass is 370 g/mol. The van der Waals surface area contributed by atoms with E-state index in [0.717, 1.165) is 10.1 Å². The van der Waals surface area contributed by atoms with Crippen molar-refractivity contribution in [2.24, 2.45) is 0 Å². The van der Waals surface area contributed by atoms with Gasteiger partial charge < -0.3 is 5.32 Å². The first-order valence-electron chi connectivity index (χ1n) is 6.24. The summed E-state index contributed by atoms with van der Waals surface area (Å²) in [7, 11) is 0. The highest BCUT2D eigenvalue weighted by molar-refractivity contribution is 7.21. The van der Waals surface area contributed by atoms with Crippen LogP contribution in [0.1, 0.15) is 16.6 Å². The smallest absolute Gasteiger partial charge is 0.268 e. The fourth-order valence-corrected chi connectivity index (χ4v) is 3.56. The average Bonchev–Trinajstić information content (AvgIpc) is 3.03. The van der Waals surface area contributed by atoms with Gasteiger partial charge in [-0.15, -0.1) is 11.3 Å². The Hall–Kier alpha value is -2.16. The lowest BCUT2D eigenvalue weighted by Crippen LogP contribution is -2.14. The zero-order valence-corrected chi connectivity index (χ0v) is 13.8. The molecule has 0 saturated carbocycles. The number of halogens is 2. The maximum Gasteiger partial charge on any atom is 0.268 e. The minimum Gasteiger partial charge on any atom is -0.305 e. The van der Waals surface area contributed by atoms with E-state index in [1.807, 2.05) is 0 Å². The van der Waals surface area contributed by atoms with Crippen molar-refractivity contribution in [3.8, 4) is 0 Å². The van der Waals surface area contributed by atoms with Crippen molar-refractivity contribution in [2.75, 3.05) is 10.6 Å². The number of carbonyl (C=O) groups excluding carboxylic acids is 2. The summed E-state index contributed by atoms with van der Waals surface area (Å²) in [5.74, 6) is -0.844. The molecule has 1 aromatic carbocycles. The topological polar surface area (TPSA) is 97.1 Å². The van der Waals surface area contributed by atoms with E-state index in [1.165, 1.54) is 18.3 Å². The van der Waals surface area contributed by atoms with E-state index in [2.05, 4.69) is 25.6 Å². The molecule has 3 rings (SSSR count). The van der Waals surface area contributed by atoms with E-state index in [1.54, 1.807) is 18.2 Å². The summed E-state index contributed by atoms with van der Waals surface area (Å²) >= 11 is 13.4. The Labute approximate surface area is 143 Å². The van der Waals surface area contributed by atoms with E-state index >= 15 is 0 Å². The molecule has 23 heavy (non-hydrogen) atoms. The van der Waals surface area contributed by atoms with E-state index in [4.69, 9.17) is 23.2 Å². The van der Waals surface area contributed by atoms with Crippen molar-refractivity contribution in [2.45, 2.75) is 6.92 Å². The minimum atomic E-state index is -0.491. The van der Waals surface area contributed by atoms with Crippen molar-refractivity contribution in [1.82, 2.24) is 10.3 Å².